The lowest BCUT2D eigenvalue weighted by Crippen LogP contribution is -2.51. The van der Waals surface area contributed by atoms with E-state index in [-0.39, 0.29) is 12.5 Å². The van der Waals surface area contributed by atoms with Crippen LogP contribution in [-0.4, -0.2) is 66.2 Å². The summed E-state index contributed by atoms with van der Waals surface area (Å²) in [5.41, 5.74) is 4.15. The van der Waals surface area contributed by atoms with E-state index in [0.717, 1.165) is 35.5 Å². The van der Waals surface area contributed by atoms with E-state index in [2.05, 4.69) is 18.7 Å². The second-order valence-corrected chi connectivity index (χ2v) is 8.56. The van der Waals surface area contributed by atoms with Crippen LogP contribution in [0.3, 0.4) is 0 Å². The van der Waals surface area contributed by atoms with E-state index in [0.29, 0.717) is 25.6 Å². The van der Waals surface area contributed by atoms with Gasteiger partial charge in [-0.05, 0) is 48.6 Å². The highest BCUT2D eigenvalue weighted by Crippen LogP contribution is 2.22. The van der Waals surface area contributed by atoms with Crippen LogP contribution in [0.25, 0.3) is 0 Å². The molecule has 5 heteroatoms. The van der Waals surface area contributed by atoms with Crippen molar-refractivity contribution in [2.75, 3.05) is 39.3 Å². The van der Waals surface area contributed by atoms with Gasteiger partial charge >= 0.3 is 0 Å². The molecule has 0 aromatic heterocycles. The first-order chi connectivity index (χ1) is 14.3. The summed E-state index contributed by atoms with van der Waals surface area (Å²) >= 11 is 0. The largest absolute Gasteiger partial charge is 0.490 e. The van der Waals surface area contributed by atoms with E-state index in [9.17, 15) is 9.90 Å². The fourth-order valence-electron chi connectivity index (χ4n) is 3.88. The van der Waals surface area contributed by atoms with E-state index in [4.69, 9.17) is 4.74 Å². The van der Waals surface area contributed by atoms with Gasteiger partial charge in [-0.2, -0.15) is 0 Å². The van der Waals surface area contributed by atoms with Crippen molar-refractivity contribution in [1.29, 1.82) is 0 Å². The lowest BCUT2D eigenvalue weighted by Gasteiger charge is -2.35. The molecule has 2 aromatic carbocycles. The maximum absolute atomic E-state index is 12.8. The van der Waals surface area contributed by atoms with Gasteiger partial charge in [-0.25, -0.2) is 0 Å². The molecule has 0 aliphatic carbocycles. The second-order valence-electron chi connectivity index (χ2n) is 8.56. The van der Waals surface area contributed by atoms with E-state index in [1.807, 2.05) is 61.2 Å². The topological polar surface area (TPSA) is 53.0 Å². The summed E-state index contributed by atoms with van der Waals surface area (Å²) < 4.78 is 5.87. The van der Waals surface area contributed by atoms with Crippen LogP contribution >= 0.6 is 0 Å². The van der Waals surface area contributed by atoms with Crippen molar-refractivity contribution in [3.05, 3.63) is 64.7 Å². The molecule has 1 fully saturated rings. The number of hydrogen-bond donors (Lipinski definition) is 1. The van der Waals surface area contributed by atoms with Crippen molar-refractivity contribution in [3.8, 4) is 5.75 Å². The van der Waals surface area contributed by atoms with Gasteiger partial charge in [0.15, 0.2) is 0 Å². The van der Waals surface area contributed by atoms with Gasteiger partial charge in [0.1, 0.15) is 18.5 Å². The molecule has 1 heterocycles. The van der Waals surface area contributed by atoms with Gasteiger partial charge in [0.2, 0.25) is 0 Å². The number of β-amino-alcohol motifs (C(OH)–C–C–N with tert-alkyl or cyclic N) is 1. The third-order valence-corrected chi connectivity index (χ3v) is 5.78. The summed E-state index contributed by atoms with van der Waals surface area (Å²) in [4.78, 5) is 16.9. The standard InChI is InChI=1S/C25H34N2O3/c1-18(2)21-8-10-22(11-9-21)25(29)27-14-12-26(13-15-27)16-23(28)17-30-24-19(3)6-5-7-20(24)4/h5-11,18,23,28H,12-17H2,1-4H3. The average Bonchev–Trinajstić information content (AvgIpc) is 2.73. The van der Waals surface area contributed by atoms with Crippen LogP contribution in [0.4, 0.5) is 0 Å². The van der Waals surface area contributed by atoms with Gasteiger partial charge in [0.05, 0.1) is 0 Å². The molecule has 1 atom stereocenters. The van der Waals surface area contributed by atoms with Crippen molar-refractivity contribution in [3.63, 3.8) is 0 Å². The number of aliphatic hydroxyl groups excluding tert-OH is 1. The SMILES string of the molecule is Cc1cccc(C)c1OCC(O)CN1CCN(C(=O)c2ccc(C(C)C)cc2)CC1. The second kappa shape index (κ2) is 10.1. The molecule has 1 aliphatic heterocycles. The third-order valence-electron chi connectivity index (χ3n) is 5.78. The number of rotatable bonds is 7. The zero-order chi connectivity index (χ0) is 21.7. The van der Waals surface area contributed by atoms with E-state index in [1.54, 1.807) is 0 Å². The lowest BCUT2D eigenvalue weighted by atomic mass is 10.0. The number of ether oxygens (including phenoxy) is 1. The van der Waals surface area contributed by atoms with Crippen LogP contribution < -0.4 is 4.74 Å². The zero-order valence-electron chi connectivity index (χ0n) is 18.6. The summed E-state index contributed by atoms with van der Waals surface area (Å²) in [6.45, 7) is 12.0. The number of aryl methyl sites for hydroxylation is 2. The first-order valence-corrected chi connectivity index (χ1v) is 10.8. The van der Waals surface area contributed by atoms with Crippen LogP contribution in [0, 0.1) is 13.8 Å². The Morgan fingerprint density at radius 3 is 2.17 bits per heavy atom. The monoisotopic (exact) mass is 410 g/mol. The number of benzene rings is 2. The Balaban J connectivity index is 1.45. The van der Waals surface area contributed by atoms with E-state index >= 15 is 0 Å². The molecular weight excluding hydrogens is 376 g/mol. The normalized spacial score (nSPS) is 16.0. The first-order valence-electron chi connectivity index (χ1n) is 10.8. The molecule has 162 valence electrons. The minimum absolute atomic E-state index is 0.0869. The van der Waals surface area contributed by atoms with Crippen LogP contribution in [0.5, 0.6) is 5.75 Å². The predicted octanol–water partition coefficient (Wildman–Crippen LogP) is 3.62. The maximum atomic E-state index is 12.8. The first kappa shape index (κ1) is 22.3. The Hall–Kier alpha value is -2.37. The van der Waals surface area contributed by atoms with E-state index < -0.39 is 6.10 Å². The molecule has 1 aliphatic rings. The number of carbonyl (C=O) groups excluding carboxylic acids is 1. The Bertz CT molecular complexity index is 820. The lowest BCUT2D eigenvalue weighted by molar-refractivity contribution is 0.0402. The molecule has 0 spiro atoms. The minimum atomic E-state index is -0.560. The van der Waals surface area contributed by atoms with Crippen molar-refractivity contribution in [1.82, 2.24) is 9.80 Å². The number of hydrogen-bond acceptors (Lipinski definition) is 4. The Morgan fingerprint density at radius 2 is 1.60 bits per heavy atom. The molecule has 1 saturated heterocycles. The van der Waals surface area contributed by atoms with Crippen LogP contribution in [-0.2, 0) is 0 Å². The molecule has 0 bridgehead atoms. The quantitative estimate of drug-likeness (QED) is 0.757. The molecule has 2 aromatic rings. The highest BCUT2D eigenvalue weighted by Gasteiger charge is 2.23. The van der Waals surface area contributed by atoms with Crippen molar-refractivity contribution >= 4 is 5.91 Å². The maximum Gasteiger partial charge on any atom is 0.253 e. The number of aliphatic hydroxyl groups is 1. The molecule has 30 heavy (non-hydrogen) atoms. The number of piperazine rings is 1. The van der Waals surface area contributed by atoms with Gasteiger partial charge in [-0.1, -0.05) is 44.2 Å². The summed E-state index contributed by atoms with van der Waals surface area (Å²) in [7, 11) is 0. The fourth-order valence-corrected chi connectivity index (χ4v) is 3.88. The highest BCUT2D eigenvalue weighted by atomic mass is 16.5. The third kappa shape index (κ3) is 5.61. The Morgan fingerprint density at radius 1 is 1.00 bits per heavy atom. The number of carbonyl (C=O) groups is 1. The predicted molar refractivity (Wildman–Crippen MR) is 120 cm³/mol. The molecule has 0 radical (unpaired) electrons. The fraction of sp³-hybridized carbons (Fsp3) is 0.480. The zero-order valence-corrected chi connectivity index (χ0v) is 18.6. The number of amides is 1. The number of para-hydroxylation sites is 1. The van der Waals surface area contributed by atoms with Crippen LogP contribution in [0.15, 0.2) is 42.5 Å². The summed E-state index contributed by atoms with van der Waals surface area (Å²) in [5.74, 6) is 1.40. The molecule has 1 N–H and O–H groups in total. The molecule has 3 rings (SSSR count). The van der Waals surface area contributed by atoms with Gasteiger partial charge in [0, 0.05) is 38.3 Å². The van der Waals surface area contributed by atoms with Crippen molar-refractivity contribution in [2.24, 2.45) is 0 Å². The molecule has 0 saturated carbocycles. The smallest absolute Gasteiger partial charge is 0.253 e. The van der Waals surface area contributed by atoms with Gasteiger partial charge in [-0.3, -0.25) is 9.69 Å². The molecule has 5 nitrogen and oxygen atoms in total. The van der Waals surface area contributed by atoms with Crippen LogP contribution in [0.2, 0.25) is 0 Å². The number of nitrogens with zero attached hydrogens (tertiary/aromatic N) is 2. The summed E-state index contributed by atoms with van der Waals surface area (Å²) in [5, 5.41) is 10.4. The molecular formula is C25H34N2O3. The average molecular weight is 411 g/mol. The Labute approximate surface area is 180 Å². The molecule has 1 amide bonds. The van der Waals surface area contributed by atoms with E-state index in [1.165, 1.54) is 5.56 Å². The highest BCUT2D eigenvalue weighted by molar-refractivity contribution is 5.94. The van der Waals surface area contributed by atoms with Crippen molar-refractivity contribution in [2.45, 2.75) is 39.7 Å². The van der Waals surface area contributed by atoms with Gasteiger partial charge in [-0.15, -0.1) is 0 Å². The summed E-state index contributed by atoms with van der Waals surface area (Å²) in [6, 6.07) is 14.0. The van der Waals surface area contributed by atoms with Gasteiger partial charge in [0.25, 0.3) is 5.91 Å². The Kier molecular flexibility index (Phi) is 7.51. The minimum Gasteiger partial charge on any atom is -0.490 e. The molecule has 1 unspecified atom stereocenters. The van der Waals surface area contributed by atoms with Gasteiger partial charge < -0.3 is 14.7 Å². The van der Waals surface area contributed by atoms with Crippen molar-refractivity contribution < 1.29 is 14.6 Å². The van der Waals surface area contributed by atoms with Crippen LogP contribution in [0.1, 0.15) is 46.8 Å². The summed E-state index contributed by atoms with van der Waals surface area (Å²) in [6.07, 6.45) is -0.560.